The molecule has 0 bridgehead atoms. The van der Waals surface area contributed by atoms with Gasteiger partial charge in [0.15, 0.2) is 0 Å². The van der Waals surface area contributed by atoms with E-state index in [9.17, 15) is 4.39 Å². The third-order valence-corrected chi connectivity index (χ3v) is 2.50. The number of hydrogen-bond donors (Lipinski definition) is 2. The Bertz CT molecular complexity index is 374. The van der Waals surface area contributed by atoms with E-state index in [1.807, 2.05) is 13.8 Å². The van der Waals surface area contributed by atoms with Crippen molar-refractivity contribution in [1.82, 2.24) is 5.32 Å². The fraction of sp³-hybridized carbons (Fsp3) is 0.385. The minimum Gasteiger partial charge on any atom is -0.329 e. The predicted octanol–water partition coefficient (Wildman–Crippen LogP) is 2.30. The van der Waals surface area contributed by atoms with Crippen LogP contribution in [0.25, 0.3) is 0 Å². The van der Waals surface area contributed by atoms with Gasteiger partial charge in [0.25, 0.3) is 0 Å². The van der Waals surface area contributed by atoms with Crippen molar-refractivity contribution in [2.24, 2.45) is 5.73 Å². The van der Waals surface area contributed by atoms with Crippen LogP contribution in [0.2, 0.25) is 0 Å². The van der Waals surface area contributed by atoms with Crippen LogP contribution in [0.1, 0.15) is 24.1 Å². The summed E-state index contributed by atoms with van der Waals surface area (Å²) in [5.74, 6) is -0.226. The lowest BCUT2D eigenvalue weighted by Crippen LogP contribution is -2.30. The number of halogens is 1. The standard InChI is InChI=1S/C13H19FN2/c1-9(2)8-16-13(7-15)12-6-11(14)5-4-10(12)3/h4-6,13,16H,1,7-8,15H2,2-3H3. The lowest BCUT2D eigenvalue weighted by atomic mass is 10.0. The average molecular weight is 222 g/mol. The van der Waals surface area contributed by atoms with Crippen LogP contribution in [-0.4, -0.2) is 13.1 Å². The van der Waals surface area contributed by atoms with E-state index in [-0.39, 0.29) is 11.9 Å². The summed E-state index contributed by atoms with van der Waals surface area (Å²) in [4.78, 5) is 0. The maximum Gasteiger partial charge on any atom is 0.123 e. The Morgan fingerprint density at radius 3 is 2.81 bits per heavy atom. The zero-order valence-corrected chi connectivity index (χ0v) is 9.89. The summed E-state index contributed by atoms with van der Waals surface area (Å²) in [6.45, 7) is 8.85. The van der Waals surface area contributed by atoms with E-state index in [1.165, 1.54) is 12.1 Å². The first-order valence-electron chi connectivity index (χ1n) is 5.38. The molecule has 0 spiro atoms. The van der Waals surface area contributed by atoms with Gasteiger partial charge in [-0.05, 0) is 37.1 Å². The second-order valence-electron chi connectivity index (χ2n) is 4.13. The Morgan fingerprint density at radius 2 is 2.25 bits per heavy atom. The zero-order valence-electron chi connectivity index (χ0n) is 9.89. The molecule has 0 aromatic heterocycles. The number of nitrogens with one attached hydrogen (secondary N) is 1. The van der Waals surface area contributed by atoms with Crippen LogP contribution < -0.4 is 11.1 Å². The summed E-state index contributed by atoms with van der Waals surface area (Å²) in [6.07, 6.45) is 0. The summed E-state index contributed by atoms with van der Waals surface area (Å²) in [6, 6.07) is 4.76. The predicted molar refractivity (Wildman–Crippen MR) is 65.7 cm³/mol. The second kappa shape index (κ2) is 5.77. The monoisotopic (exact) mass is 222 g/mol. The Morgan fingerprint density at radius 1 is 1.56 bits per heavy atom. The molecule has 0 amide bonds. The van der Waals surface area contributed by atoms with E-state index in [1.54, 1.807) is 6.07 Å². The molecule has 0 heterocycles. The minimum absolute atomic E-state index is 0.0209. The van der Waals surface area contributed by atoms with Gasteiger partial charge in [0.05, 0.1) is 0 Å². The van der Waals surface area contributed by atoms with Gasteiger partial charge < -0.3 is 11.1 Å². The molecule has 0 saturated carbocycles. The average Bonchev–Trinajstić information content (AvgIpc) is 2.23. The topological polar surface area (TPSA) is 38.0 Å². The molecule has 0 aliphatic carbocycles. The quantitative estimate of drug-likeness (QED) is 0.750. The van der Waals surface area contributed by atoms with Crippen LogP contribution in [0.15, 0.2) is 30.4 Å². The lowest BCUT2D eigenvalue weighted by Gasteiger charge is -2.19. The third kappa shape index (κ3) is 3.43. The molecule has 1 aromatic rings. The second-order valence-corrected chi connectivity index (χ2v) is 4.13. The third-order valence-electron chi connectivity index (χ3n) is 2.50. The highest BCUT2D eigenvalue weighted by molar-refractivity contribution is 5.30. The van der Waals surface area contributed by atoms with Crippen LogP contribution in [0.5, 0.6) is 0 Å². The fourth-order valence-corrected chi connectivity index (χ4v) is 1.60. The van der Waals surface area contributed by atoms with Gasteiger partial charge in [-0.3, -0.25) is 0 Å². The van der Waals surface area contributed by atoms with Crippen molar-refractivity contribution in [2.45, 2.75) is 19.9 Å². The molecule has 3 heteroatoms. The number of aryl methyl sites for hydroxylation is 1. The molecule has 0 radical (unpaired) electrons. The highest BCUT2D eigenvalue weighted by Crippen LogP contribution is 2.18. The molecule has 1 atom stereocenters. The Hall–Kier alpha value is -1.19. The van der Waals surface area contributed by atoms with E-state index >= 15 is 0 Å². The summed E-state index contributed by atoms with van der Waals surface area (Å²) < 4.78 is 13.2. The van der Waals surface area contributed by atoms with E-state index in [0.29, 0.717) is 13.1 Å². The molecule has 0 aliphatic rings. The highest BCUT2D eigenvalue weighted by Gasteiger charge is 2.12. The normalized spacial score (nSPS) is 12.5. The van der Waals surface area contributed by atoms with Crippen LogP contribution in [0.4, 0.5) is 4.39 Å². The van der Waals surface area contributed by atoms with Crippen molar-refractivity contribution in [1.29, 1.82) is 0 Å². The van der Waals surface area contributed by atoms with Crippen molar-refractivity contribution in [3.8, 4) is 0 Å². The smallest absolute Gasteiger partial charge is 0.123 e. The first-order chi connectivity index (χ1) is 7.54. The van der Waals surface area contributed by atoms with Gasteiger partial charge in [-0.15, -0.1) is 0 Å². The summed E-state index contributed by atoms with van der Waals surface area (Å²) in [5, 5.41) is 3.26. The van der Waals surface area contributed by atoms with Crippen LogP contribution >= 0.6 is 0 Å². The fourth-order valence-electron chi connectivity index (χ4n) is 1.60. The van der Waals surface area contributed by atoms with Crippen LogP contribution in [-0.2, 0) is 0 Å². The van der Waals surface area contributed by atoms with Crippen LogP contribution in [0.3, 0.4) is 0 Å². The molecule has 0 saturated heterocycles. The van der Waals surface area contributed by atoms with Gasteiger partial charge in [0.1, 0.15) is 5.82 Å². The maximum atomic E-state index is 13.2. The number of rotatable bonds is 5. The molecule has 1 unspecified atom stereocenters. The molecule has 0 aliphatic heterocycles. The molecule has 2 nitrogen and oxygen atoms in total. The zero-order chi connectivity index (χ0) is 12.1. The SMILES string of the molecule is C=C(C)CNC(CN)c1cc(F)ccc1C. The van der Waals surface area contributed by atoms with Crippen LogP contribution in [0, 0.1) is 12.7 Å². The molecular weight excluding hydrogens is 203 g/mol. The summed E-state index contributed by atoms with van der Waals surface area (Å²) >= 11 is 0. The Kier molecular flexibility index (Phi) is 4.65. The van der Waals surface area contributed by atoms with Gasteiger partial charge in [-0.2, -0.15) is 0 Å². The van der Waals surface area contributed by atoms with Crippen molar-refractivity contribution in [2.75, 3.05) is 13.1 Å². The molecule has 1 aromatic carbocycles. The number of nitrogens with two attached hydrogens (primary N) is 1. The van der Waals surface area contributed by atoms with E-state index < -0.39 is 0 Å². The van der Waals surface area contributed by atoms with Gasteiger partial charge in [0, 0.05) is 19.1 Å². The van der Waals surface area contributed by atoms with E-state index in [4.69, 9.17) is 5.73 Å². The molecular formula is C13H19FN2. The molecule has 16 heavy (non-hydrogen) atoms. The minimum atomic E-state index is -0.226. The van der Waals surface area contributed by atoms with Gasteiger partial charge >= 0.3 is 0 Å². The van der Waals surface area contributed by atoms with Gasteiger partial charge in [-0.1, -0.05) is 18.2 Å². The Balaban J connectivity index is 2.85. The first-order valence-corrected chi connectivity index (χ1v) is 5.38. The summed E-state index contributed by atoms with van der Waals surface area (Å²) in [5.41, 5.74) is 8.70. The maximum absolute atomic E-state index is 13.2. The molecule has 88 valence electrons. The highest BCUT2D eigenvalue weighted by atomic mass is 19.1. The van der Waals surface area contributed by atoms with Crippen molar-refractivity contribution >= 4 is 0 Å². The van der Waals surface area contributed by atoms with E-state index in [0.717, 1.165) is 16.7 Å². The van der Waals surface area contributed by atoms with Crippen molar-refractivity contribution < 1.29 is 4.39 Å². The largest absolute Gasteiger partial charge is 0.329 e. The van der Waals surface area contributed by atoms with Gasteiger partial charge in [0.2, 0.25) is 0 Å². The van der Waals surface area contributed by atoms with E-state index in [2.05, 4.69) is 11.9 Å². The van der Waals surface area contributed by atoms with Crippen molar-refractivity contribution in [3.05, 3.63) is 47.3 Å². The lowest BCUT2D eigenvalue weighted by molar-refractivity contribution is 0.557. The molecule has 0 fully saturated rings. The Labute approximate surface area is 96.4 Å². The number of hydrogen-bond acceptors (Lipinski definition) is 2. The first kappa shape index (κ1) is 12.9. The molecule has 1 rings (SSSR count). The molecule has 3 N–H and O–H groups in total. The van der Waals surface area contributed by atoms with Gasteiger partial charge in [-0.25, -0.2) is 4.39 Å². The number of benzene rings is 1. The van der Waals surface area contributed by atoms with Crippen molar-refractivity contribution in [3.63, 3.8) is 0 Å². The summed E-state index contributed by atoms with van der Waals surface area (Å²) in [7, 11) is 0.